The zero-order chi connectivity index (χ0) is 10.7. The Morgan fingerprint density at radius 1 is 1.33 bits per heavy atom. The second kappa shape index (κ2) is 3.96. The van der Waals surface area contributed by atoms with Crippen molar-refractivity contribution in [2.45, 2.75) is 6.92 Å². The van der Waals surface area contributed by atoms with Crippen LogP contribution in [0.3, 0.4) is 0 Å². The lowest BCUT2D eigenvalue weighted by molar-refractivity contribution is 1.24. The van der Waals surface area contributed by atoms with Gasteiger partial charge in [0, 0.05) is 18.0 Å². The van der Waals surface area contributed by atoms with Gasteiger partial charge in [0.1, 0.15) is 5.69 Å². The molecule has 74 valence electrons. The molecule has 0 amide bonds. The molecular formula is C11H9N3O. The van der Waals surface area contributed by atoms with Crippen LogP contribution in [0.1, 0.15) is 5.56 Å². The molecule has 0 fully saturated rings. The molecule has 0 bridgehead atoms. The van der Waals surface area contributed by atoms with Crippen molar-refractivity contribution in [2.75, 3.05) is 0 Å². The Bertz CT molecular complexity index is 482. The number of nitrogens with zero attached hydrogens (tertiary/aromatic N) is 3. The largest absolute Gasteiger partial charge is 0.264 e. The highest BCUT2D eigenvalue weighted by molar-refractivity contribution is 5.61. The van der Waals surface area contributed by atoms with Crippen molar-refractivity contribution >= 4 is 5.69 Å². The second-order valence-electron chi connectivity index (χ2n) is 3.19. The van der Waals surface area contributed by atoms with Crippen LogP contribution >= 0.6 is 0 Å². The summed E-state index contributed by atoms with van der Waals surface area (Å²) in [5.74, 6) is 0. The minimum absolute atomic E-state index is 0.377. The van der Waals surface area contributed by atoms with E-state index in [0.717, 1.165) is 16.8 Å². The smallest absolute Gasteiger partial charge is 0.129 e. The quantitative estimate of drug-likeness (QED) is 0.699. The van der Waals surface area contributed by atoms with E-state index in [1.165, 1.54) is 6.20 Å². The molecule has 2 heterocycles. The molecular weight excluding hydrogens is 190 g/mol. The number of pyridine rings is 2. The fraction of sp³-hybridized carbons (Fsp3) is 0.0909. The van der Waals surface area contributed by atoms with Gasteiger partial charge in [-0.15, -0.1) is 4.91 Å². The van der Waals surface area contributed by atoms with Crippen molar-refractivity contribution in [3.8, 4) is 11.3 Å². The van der Waals surface area contributed by atoms with Crippen LogP contribution in [0.4, 0.5) is 5.69 Å². The van der Waals surface area contributed by atoms with E-state index in [2.05, 4.69) is 15.1 Å². The molecule has 2 rings (SSSR count). The van der Waals surface area contributed by atoms with Gasteiger partial charge in [-0.2, -0.15) is 0 Å². The van der Waals surface area contributed by atoms with Gasteiger partial charge >= 0.3 is 0 Å². The number of hydrogen-bond donors (Lipinski definition) is 0. The predicted octanol–water partition coefficient (Wildman–Crippen LogP) is 2.85. The number of aryl methyl sites for hydroxylation is 1. The van der Waals surface area contributed by atoms with Crippen molar-refractivity contribution < 1.29 is 0 Å². The van der Waals surface area contributed by atoms with Gasteiger partial charge in [-0.25, -0.2) is 0 Å². The first-order chi connectivity index (χ1) is 7.31. The van der Waals surface area contributed by atoms with Crippen molar-refractivity contribution in [1.82, 2.24) is 9.97 Å². The third kappa shape index (κ3) is 1.88. The zero-order valence-corrected chi connectivity index (χ0v) is 8.21. The zero-order valence-electron chi connectivity index (χ0n) is 8.21. The number of aromatic nitrogens is 2. The Balaban J connectivity index is 2.47. The minimum Gasteiger partial charge on any atom is -0.264 e. The Labute approximate surface area is 87.0 Å². The van der Waals surface area contributed by atoms with Crippen LogP contribution in [0.15, 0.2) is 42.0 Å². The van der Waals surface area contributed by atoms with E-state index >= 15 is 0 Å². The molecule has 4 heteroatoms. The van der Waals surface area contributed by atoms with Crippen LogP contribution in [0.25, 0.3) is 11.3 Å². The molecule has 0 aliphatic heterocycles. The van der Waals surface area contributed by atoms with Crippen LogP contribution in [-0.4, -0.2) is 9.97 Å². The summed E-state index contributed by atoms with van der Waals surface area (Å²) in [5, 5.41) is 2.88. The van der Waals surface area contributed by atoms with Gasteiger partial charge in [-0.3, -0.25) is 9.97 Å². The summed E-state index contributed by atoms with van der Waals surface area (Å²) in [4.78, 5) is 18.5. The van der Waals surface area contributed by atoms with Gasteiger partial charge in [0.25, 0.3) is 0 Å². The van der Waals surface area contributed by atoms with Gasteiger partial charge < -0.3 is 0 Å². The minimum atomic E-state index is 0.377. The highest BCUT2D eigenvalue weighted by atomic mass is 16.3. The maximum atomic E-state index is 10.4. The third-order valence-corrected chi connectivity index (χ3v) is 2.14. The number of rotatable bonds is 2. The molecule has 2 aromatic rings. The van der Waals surface area contributed by atoms with Gasteiger partial charge in [-0.05, 0) is 35.9 Å². The summed E-state index contributed by atoms with van der Waals surface area (Å²) >= 11 is 0. The van der Waals surface area contributed by atoms with Crippen LogP contribution in [0.2, 0.25) is 0 Å². The van der Waals surface area contributed by atoms with E-state index in [9.17, 15) is 4.91 Å². The average Bonchev–Trinajstić information content (AvgIpc) is 2.30. The molecule has 0 saturated heterocycles. The van der Waals surface area contributed by atoms with Crippen molar-refractivity contribution in [1.29, 1.82) is 0 Å². The van der Waals surface area contributed by atoms with E-state index in [1.807, 2.05) is 25.1 Å². The van der Waals surface area contributed by atoms with E-state index < -0.39 is 0 Å². The van der Waals surface area contributed by atoms with Crippen LogP contribution in [0.5, 0.6) is 0 Å². The van der Waals surface area contributed by atoms with E-state index in [-0.39, 0.29) is 0 Å². The fourth-order valence-corrected chi connectivity index (χ4v) is 1.32. The molecule has 0 unspecified atom stereocenters. The second-order valence-corrected chi connectivity index (χ2v) is 3.19. The first kappa shape index (κ1) is 9.45. The summed E-state index contributed by atoms with van der Waals surface area (Å²) < 4.78 is 0. The molecule has 0 aliphatic rings. The first-order valence-electron chi connectivity index (χ1n) is 4.51. The third-order valence-electron chi connectivity index (χ3n) is 2.14. The first-order valence-corrected chi connectivity index (χ1v) is 4.51. The lowest BCUT2D eigenvalue weighted by Crippen LogP contribution is -1.85. The van der Waals surface area contributed by atoms with Gasteiger partial charge in [-0.1, -0.05) is 0 Å². The summed E-state index contributed by atoms with van der Waals surface area (Å²) in [6.07, 6.45) is 4.91. The van der Waals surface area contributed by atoms with Crippen LogP contribution in [-0.2, 0) is 0 Å². The molecule has 15 heavy (non-hydrogen) atoms. The average molecular weight is 199 g/mol. The SMILES string of the molecule is Cc1cc(-c2cccnc2)ncc1N=O. The Kier molecular flexibility index (Phi) is 2.49. The molecule has 0 spiro atoms. The molecule has 0 aliphatic carbocycles. The highest BCUT2D eigenvalue weighted by Gasteiger charge is 2.03. The number of hydrogen-bond acceptors (Lipinski definition) is 4. The summed E-state index contributed by atoms with van der Waals surface area (Å²) in [7, 11) is 0. The van der Waals surface area contributed by atoms with Crippen molar-refractivity contribution in [2.24, 2.45) is 5.18 Å². The molecule has 0 N–H and O–H groups in total. The lowest BCUT2D eigenvalue weighted by atomic mass is 10.1. The van der Waals surface area contributed by atoms with E-state index in [1.54, 1.807) is 12.4 Å². The van der Waals surface area contributed by atoms with Crippen molar-refractivity contribution in [3.63, 3.8) is 0 Å². The maximum Gasteiger partial charge on any atom is 0.129 e. The van der Waals surface area contributed by atoms with Crippen molar-refractivity contribution in [3.05, 3.63) is 47.3 Å². The summed E-state index contributed by atoms with van der Waals surface area (Å²) in [6.45, 7) is 1.83. The standard InChI is InChI=1S/C11H9N3O/c1-8-5-10(13-7-11(8)14-15)9-3-2-4-12-6-9/h2-7H,1H3. The number of nitroso groups, excluding NO2 is 1. The molecule has 0 saturated carbocycles. The summed E-state index contributed by atoms with van der Waals surface area (Å²) in [5.41, 5.74) is 2.92. The Morgan fingerprint density at radius 2 is 2.20 bits per heavy atom. The van der Waals surface area contributed by atoms with Gasteiger partial charge in [0.05, 0.1) is 11.9 Å². The molecule has 0 atom stereocenters. The fourth-order valence-electron chi connectivity index (χ4n) is 1.32. The molecule has 0 aromatic carbocycles. The highest BCUT2D eigenvalue weighted by Crippen LogP contribution is 2.22. The maximum absolute atomic E-state index is 10.4. The van der Waals surface area contributed by atoms with Gasteiger partial charge in [0.2, 0.25) is 0 Å². The summed E-state index contributed by atoms with van der Waals surface area (Å²) in [6, 6.07) is 5.59. The topological polar surface area (TPSA) is 55.2 Å². The van der Waals surface area contributed by atoms with Crippen LogP contribution < -0.4 is 0 Å². The lowest BCUT2D eigenvalue weighted by Gasteiger charge is -2.01. The van der Waals surface area contributed by atoms with Crippen LogP contribution in [0, 0.1) is 11.8 Å². The Morgan fingerprint density at radius 3 is 2.80 bits per heavy atom. The monoisotopic (exact) mass is 199 g/mol. The van der Waals surface area contributed by atoms with E-state index in [0.29, 0.717) is 5.69 Å². The van der Waals surface area contributed by atoms with Gasteiger partial charge in [0.15, 0.2) is 0 Å². The molecule has 0 radical (unpaired) electrons. The molecule has 2 aromatic heterocycles. The molecule has 4 nitrogen and oxygen atoms in total. The normalized spacial score (nSPS) is 9.93. The Hall–Kier alpha value is -2.10. The predicted molar refractivity (Wildman–Crippen MR) is 57.7 cm³/mol. The van der Waals surface area contributed by atoms with E-state index in [4.69, 9.17) is 0 Å².